The molecule has 4 nitrogen and oxygen atoms in total. The topological polar surface area (TPSA) is 45.3 Å². The van der Waals surface area contributed by atoms with Gasteiger partial charge in [-0.25, -0.2) is 0 Å². The molecule has 0 unspecified atom stereocenters. The van der Waals surface area contributed by atoms with Crippen LogP contribution < -0.4 is 4.74 Å². The highest BCUT2D eigenvalue weighted by Crippen LogP contribution is 2.39. The van der Waals surface area contributed by atoms with Crippen LogP contribution in [0.2, 0.25) is 0 Å². The van der Waals surface area contributed by atoms with Crippen LogP contribution in [-0.4, -0.2) is 28.9 Å². The maximum atomic E-state index is 12.9. The van der Waals surface area contributed by atoms with Crippen molar-refractivity contribution in [1.82, 2.24) is 9.88 Å². The Labute approximate surface area is 160 Å². The van der Waals surface area contributed by atoms with Crippen molar-refractivity contribution in [1.29, 1.82) is 0 Å². The number of fused-ring (bicyclic) bond motifs is 3. The summed E-state index contributed by atoms with van der Waals surface area (Å²) >= 11 is 0. The first kappa shape index (κ1) is 17.7. The Morgan fingerprint density at radius 1 is 1.19 bits per heavy atom. The van der Waals surface area contributed by atoms with Gasteiger partial charge in [0.1, 0.15) is 5.75 Å². The first-order chi connectivity index (χ1) is 13.2. The lowest BCUT2D eigenvalue weighted by molar-refractivity contribution is -0.133. The molecule has 2 aromatic carbocycles. The number of para-hydroxylation sites is 1. The molecule has 0 fully saturated rings. The number of aromatic nitrogens is 1. The van der Waals surface area contributed by atoms with E-state index in [9.17, 15) is 4.79 Å². The smallest absolute Gasteiger partial charge is 0.223 e. The van der Waals surface area contributed by atoms with Crippen LogP contribution in [0.5, 0.6) is 5.75 Å². The second-order valence-electron chi connectivity index (χ2n) is 7.06. The molecule has 0 saturated carbocycles. The van der Waals surface area contributed by atoms with E-state index in [0.29, 0.717) is 13.0 Å². The number of benzene rings is 2. The average molecular weight is 362 g/mol. The van der Waals surface area contributed by atoms with Crippen molar-refractivity contribution in [3.63, 3.8) is 0 Å². The number of aromatic amines is 1. The van der Waals surface area contributed by atoms with Crippen LogP contribution in [0.3, 0.4) is 0 Å². The Morgan fingerprint density at radius 3 is 2.85 bits per heavy atom. The summed E-state index contributed by atoms with van der Waals surface area (Å²) in [4.78, 5) is 18.5. The first-order valence-corrected chi connectivity index (χ1v) is 9.84. The van der Waals surface area contributed by atoms with Crippen molar-refractivity contribution in [2.75, 3.05) is 13.2 Å². The fourth-order valence-corrected chi connectivity index (χ4v) is 4.15. The van der Waals surface area contributed by atoms with Crippen LogP contribution in [0, 0.1) is 0 Å². The summed E-state index contributed by atoms with van der Waals surface area (Å²) < 4.78 is 5.71. The summed E-state index contributed by atoms with van der Waals surface area (Å²) in [5.41, 5.74) is 4.70. The van der Waals surface area contributed by atoms with E-state index in [-0.39, 0.29) is 11.9 Å². The minimum atomic E-state index is -0.0967. The predicted octanol–water partition coefficient (Wildman–Crippen LogP) is 4.84. The molecule has 4 rings (SSSR count). The number of ether oxygens (including phenoxy) is 1. The van der Waals surface area contributed by atoms with Crippen molar-refractivity contribution in [3.8, 4) is 5.75 Å². The lowest BCUT2D eigenvalue weighted by Gasteiger charge is -2.36. The summed E-state index contributed by atoms with van der Waals surface area (Å²) in [6, 6.07) is 16.5. The number of nitrogens with one attached hydrogen (secondary N) is 1. The van der Waals surface area contributed by atoms with Gasteiger partial charge in [0.2, 0.25) is 5.91 Å². The van der Waals surface area contributed by atoms with E-state index in [0.717, 1.165) is 41.9 Å². The molecular weight excluding hydrogens is 336 g/mol. The largest absolute Gasteiger partial charge is 0.494 e. The average Bonchev–Trinajstić information content (AvgIpc) is 3.06. The third-order valence-electron chi connectivity index (χ3n) is 5.30. The molecule has 4 heteroatoms. The molecule has 0 saturated heterocycles. The van der Waals surface area contributed by atoms with Gasteiger partial charge >= 0.3 is 0 Å². The summed E-state index contributed by atoms with van der Waals surface area (Å²) in [5, 5.41) is 1.26. The number of carbonyl (C=O) groups excluding carboxylic acids is 1. The highest BCUT2D eigenvalue weighted by Gasteiger charge is 2.34. The van der Waals surface area contributed by atoms with Gasteiger partial charge in [-0.3, -0.25) is 4.79 Å². The Morgan fingerprint density at radius 2 is 2.04 bits per heavy atom. The van der Waals surface area contributed by atoms with E-state index in [1.165, 1.54) is 10.9 Å². The minimum absolute atomic E-state index is 0.0967. The second-order valence-corrected chi connectivity index (χ2v) is 7.06. The summed E-state index contributed by atoms with van der Waals surface area (Å²) in [6.07, 6.45) is 2.33. The van der Waals surface area contributed by atoms with Gasteiger partial charge in [0.15, 0.2) is 0 Å². The van der Waals surface area contributed by atoms with Crippen molar-refractivity contribution in [2.24, 2.45) is 0 Å². The number of nitrogens with zero attached hydrogens (tertiary/aromatic N) is 1. The number of hydrogen-bond donors (Lipinski definition) is 1. The van der Waals surface area contributed by atoms with E-state index in [4.69, 9.17) is 4.74 Å². The van der Waals surface area contributed by atoms with Gasteiger partial charge < -0.3 is 14.6 Å². The normalized spacial score (nSPS) is 16.4. The fraction of sp³-hybridized carbons (Fsp3) is 0.348. The van der Waals surface area contributed by atoms with Crippen LogP contribution in [0.15, 0.2) is 48.5 Å². The third-order valence-corrected chi connectivity index (χ3v) is 5.30. The molecule has 140 valence electrons. The number of amides is 1. The molecule has 3 aromatic rings. The van der Waals surface area contributed by atoms with Gasteiger partial charge in [0.05, 0.1) is 12.6 Å². The minimum Gasteiger partial charge on any atom is -0.494 e. The summed E-state index contributed by atoms with van der Waals surface area (Å²) in [5.74, 6) is 1.06. The molecule has 1 amide bonds. The standard InChI is InChI=1S/C23H26N2O2/c1-3-8-21(26)25-14-13-19-18-11-5-6-12-20(18)24-22(19)23(25)16-9-7-10-17(15-16)27-4-2/h5-7,9-12,15,23-24H,3-4,8,13-14H2,1-2H3/t23-/m0/s1. The Balaban J connectivity index is 1.85. The van der Waals surface area contributed by atoms with Gasteiger partial charge in [0, 0.05) is 29.6 Å². The van der Waals surface area contributed by atoms with Crippen LogP contribution in [0.25, 0.3) is 10.9 Å². The zero-order chi connectivity index (χ0) is 18.8. The van der Waals surface area contributed by atoms with E-state index in [1.54, 1.807) is 0 Å². The van der Waals surface area contributed by atoms with Crippen LogP contribution >= 0.6 is 0 Å². The molecule has 1 aliphatic rings. The Kier molecular flexibility index (Phi) is 4.88. The highest BCUT2D eigenvalue weighted by atomic mass is 16.5. The molecule has 0 radical (unpaired) electrons. The molecule has 0 bridgehead atoms. The van der Waals surface area contributed by atoms with Crippen molar-refractivity contribution in [2.45, 2.75) is 39.2 Å². The van der Waals surface area contributed by atoms with Gasteiger partial charge in [-0.05, 0) is 49.1 Å². The monoisotopic (exact) mass is 362 g/mol. The SMILES string of the molecule is CCCC(=O)N1CCc2c([nH]c3ccccc23)[C@@H]1c1cccc(OCC)c1. The third kappa shape index (κ3) is 3.20. The van der Waals surface area contributed by atoms with Crippen molar-refractivity contribution in [3.05, 3.63) is 65.4 Å². The second kappa shape index (κ2) is 7.47. The van der Waals surface area contributed by atoms with Gasteiger partial charge in [-0.2, -0.15) is 0 Å². The molecule has 27 heavy (non-hydrogen) atoms. The summed E-state index contributed by atoms with van der Waals surface area (Å²) in [6.45, 7) is 5.42. The van der Waals surface area contributed by atoms with E-state index in [1.807, 2.05) is 24.0 Å². The number of rotatable bonds is 5. The molecule has 1 atom stereocenters. The fourth-order valence-electron chi connectivity index (χ4n) is 4.15. The van der Waals surface area contributed by atoms with Gasteiger partial charge in [-0.1, -0.05) is 37.3 Å². The Bertz CT molecular complexity index is 960. The number of carbonyl (C=O) groups is 1. The quantitative estimate of drug-likeness (QED) is 0.706. The van der Waals surface area contributed by atoms with Gasteiger partial charge in [0.25, 0.3) is 0 Å². The maximum Gasteiger partial charge on any atom is 0.223 e. The molecule has 1 N–H and O–H groups in total. The molecule has 0 aliphatic carbocycles. The molecule has 2 heterocycles. The zero-order valence-electron chi connectivity index (χ0n) is 16.0. The van der Waals surface area contributed by atoms with Crippen LogP contribution in [0.1, 0.15) is 49.6 Å². The van der Waals surface area contributed by atoms with E-state index in [2.05, 4.69) is 48.3 Å². The molecule has 1 aliphatic heterocycles. The summed E-state index contributed by atoms with van der Waals surface area (Å²) in [7, 11) is 0. The molecule has 0 spiro atoms. The first-order valence-electron chi connectivity index (χ1n) is 9.84. The molecule has 1 aromatic heterocycles. The highest BCUT2D eigenvalue weighted by molar-refractivity contribution is 5.86. The van der Waals surface area contributed by atoms with E-state index >= 15 is 0 Å². The number of H-pyrrole nitrogens is 1. The van der Waals surface area contributed by atoms with Crippen LogP contribution in [0.4, 0.5) is 0 Å². The van der Waals surface area contributed by atoms with Crippen molar-refractivity contribution >= 4 is 16.8 Å². The Hall–Kier alpha value is -2.75. The lowest BCUT2D eigenvalue weighted by atomic mass is 9.92. The van der Waals surface area contributed by atoms with Crippen molar-refractivity contribution < 1.29 is 9.53 Å². The lowest BCUT2D eigenvalue weighted by Crippen LogP contribution is -2.40. The molecular formula is C23H26N2O2. The van der Waals surface area contributed by atoms with Crippen LogP contribution in [-0.2, 0) is 11.2 Å². The van der Waals surface area contributed by atoms with E-state index < -0.39 is 0 Å². The zero-order valence-corrected chi connectivity index (χ0v) is 16.0. The number of hydrogen-bond acceptors (Lipinski definition) is 2. The predicted molar refractivity (Wildman–Crippen MR) is 108 cm³/mol. The maximum absolute atomic E-state index is 12.9. The van der Waals surface area contributed by atoms with Gasteiger partial charge in [-0.15, -0.1) is 0 Å².